The third kappa shape index (κ3) is 3.41. The molecule has 2 rings (SSSR count). The Labute approximate surface area is 132 Å². The van der Waals surface area contributed by atoms with E-state index in [4.69, 9.17) is 11.6 Å². The predicted molar refractivity (Wildman–Crippen MR) is 86.5 cm³/mol. The smallest absolute Gasteiger partial charge is 0.251 e. The fraction of sp³-hybridized carbons (Fsp3) is 0.188. The molecule has 0 bridgehead atoms. The van der Waals surface area contributed by atoms with Crippen LogP contribution in [0.2, 0.25) is 5.02 Å². The summed E-state index contributed by atoms with van der Waals surface area (Å²) in [4.78, 5) is 12.3. The van der Waals surface area contributed by atoms with Crippen LogP contribution in [0.3, 0.4) is 0 Å². The molecule has 0 spiro atoms. The largest absolute Gasteiger partial charge is 0.342 e. The van der Waals surface area contributed by atoms with E-state index in [-0.39, 0.29) is 5.91 Å². The van der Waals surface area contributed by atoms with Crippen molar-refractivity contribution < 1.29 is 4.79 Å². The van der Waals surface area contributed by atoms with Gasteiger partial charge in [-0.1, -0.05) is 57.9 Å². The minimum absolute atomic E-state index is 0.118. The summed E-state index contributed by atoms with van der Waals surface area (Å²) in [5, 5.41) is 4.31. The first kappa shape index (κ1) is 15.1. The third-order valence-electron chi connectivity index (χ3n) is 3.17. The maximum Gasteiger partial charge on any atom is 0.251 e. The van der Waals surface area contributed by atoms with Crippen LogP contribution < -0.4 is 5.32 Å². The number of nitrogens with one attached hydrogen (secondary N) is 1. The number of hydrogen-bond acceptors (Lipinski definition) is 1. The maximum absolute atomic E-state index is 12.3. The fourth-order valence-electron chi connectivity index (χ4n) is 1.91. The zero-order valence-corrected chi connectivity index (χ0v) is 13.4. The number of alkyl halides is 1. The van der Waals surface area contributed by atoms with Crippen molar-refractivity contribution in [2.45, 2.75) is 12.5 Å². The summed E-state index contributed by atoms with van der Waals surface area (Å²) in [6.07, 6.45) is 0. The summed E-state index contributed by atoms with van der Waals surface area (Å²) in [5.74, 6) is -0.118. The van der Waals surface area contributed by atoms with Crippen molar-refractivity contribution in [1.29, 1.82) is 0 Å². The Morgan fingerprint density at radius 1 is 1.15 bits per heavy atom. The molecule has 1 amide bonds. The van der Waals surface area contributed by atoms with Gasteiger partial charge in [0.15, 0.2) is 0 Å². The average Bonchev–Trinajstić information content (AvgIpc) is 2.48. The molecule has 1 atom stereocenters. The molecule has 1 unspecified atom stereocenters. The van der Waals surface area contributed by atoms with Crippen LogP contribution in [-0.2, 0) is 5.54 Å². The van der Waals surface area contributed by atoms with Crippen molar-refractivity contribution in [3.8, 4) is 0 Å². The molecule has 2 nitrogen and oxygen atoms in total. The average molecular weight is 353 g/mol. The highest BCUT2D eigenvalue weighted by Gasteiger charge is 2.27. The predicted octanol–water partition coefficient (Wildman–Crippen LogP) is 4.38. The molecule has 0 aromatic heterocycles. The first-order chi connectivity index (χ1) is 9.55. The van der Waals surface area contributed by atoms with Crippen LogP contribution in [0.4, 0.5) is 0 Å². The van der Waals surface area contributed by atoms with Crippen LogP contribution in [0, 0.1) is 0 Å². The van der Waals surface area contributed by atoms with Crippen molar-refractivity contribution in [2.75, 3.05) is 5.33 Å². The van der Waals surface area contributed by atoms with Crippen LogP contribution in [-0.4, -0.2) is 11.2 Å². The van der Waals surface area contributed by atoms with E-state index in [1.807, 2.05) is 37.3 Å². The molecule has 0 saturated heterocycles. The van der Waals surface area contributed by atoms with Crippen LogP contribution in [0.25, 0.3) is 0 Å². The van der Waals surface area contributed by atoms with E-state index in [0.29, 0.717) is 15.9 Å². The summed E-state index contributed by atoms with van der Waals surface area (Å²) in [6, 6.07) is 16.8. The fourth-order valence-corrected chi connectivity index (χ4v) is 2.50. The monoisotopic (exact) mass is 351 g/mol. The van der Waals surface area contributed by atoms with Crippen LogP contribution >= 0.6 is 27.5 Å². The second kappa shape index (κ2) is 6.42. The van der Waals surface area contributed by atoms with Gasteiger partial charge < -0.3 is 5.32 Å². The summed E-state index contributed by atoms with van der Waals surface area (Å²) in [7, 11) is 0. The molecule has 2 aromatic rings. The standard InChI is InChI=1S/C16H15BrClNO/c1-16(11-17,13-5-3-2-4-6-13)19-15(20)12-7-9-14(18)10-8-12/h2-10H,11H2,1H3,(H,19,20). The molecule has 2 aromatic carbocycles. The molecule has 0 aliphatic carbocycles. The maximum atomic E-state index is 12.3. The molecule has 0 fully saturated rings. The van der Waals surface area contributed by atoms with Gasteiger partial charge in [-0.3, -0.25) is 4.79 Å². The molecule has 0 heterocycles. The van der Waals surface area contributed by atoms with Gasteiger partial charge in [0.1, 0.15) is 0 Å². The van der Waals surface area contributed by atoms with E-state index < -0.39 is 5.54 Å². The molecule has 104 valence electrons. The molecular weight excluding hydrogens is 338 g/mol. The molecule has 0 radical (unpaired) electrons. The van der Waals surface area contributed by atoms with E-state index in [1.54, 1.807) is 24.3 Å². The summed E-state index contributed by atoms with van der Waals surface area (Å²) in [5.41, 5.74) is 1.19. The number of hydrogen-bond donors (Lipinski definition) is 1. The van der Waals surface area contributed by atoms with Crippen molar-refractivity contribution >= 4 is 33.4 Å². The van der Waals surface area contributed by atoms with Crippen molar-refractivity contribution in [2.24, 2.45) is 0 Å². The minimum Gasteiger partial charge on any atom is -0.342 e. The molecule has 1 N–H and O–H groups in total. The molecule has 0 aliphatic rings. The second-order valence-electron chi connectivity index (χ2n) is 4.79. The summed E-state index contributed by atoms with van der Waals surface area (Å²) < 4.78 is 0. The molecule has 20 heavy (non-hydrogen) atoms. The van der Waals surface area contributed by atoms with Gasteiger partial charge in [0, 0.05) is 15.9 Å². The lowest BCUT2D eigenvalue weighted by molar-refractivity contribution is 0.0914. The number of carbonyl (C=O) groups excluding carboxylic acids is 1. The van der Waals surface area contributed by atoms with Gasteiger partial charge in [-0.05, 0) is 36.8 Å². The van der Waals surface area contributed by atoms with Crippen LogP contribution in [0.1, 0.15) is 22.8 Å². The number of carbonyl (C=O) groups is 1. The molecule has 0 saturated carbocycles. The first-order valence-electron chi connectivity index (χ1n) is 6.25. The highest BCUT2D eigenvalue weighted by molar-refractivity contribution is 9.09. The van der Waals surface area contributed by atoms with Crippen LogP contribution in [0.5, 0.6) is 0 Å². The third-order valence-corrected chi connectivity index (χ3v) is 4.55. The molecule has 4 heteroatoms. The lowest BCUT2D eigenvalue weighted by Gasteiger charge is -2.29. The van der Waals surface area contributed by atoms with Gasteiger partial charge in [0.05, 0.1) is 5.54 Å². The van der Waals surface area contributed by atoms with Crippen molar-refractivity contribution in [3.63, 3.8) is 0 Å². The number of rotatable bonds is 4. The Morgan fingerprint density at radius 3 is 2.30 bits per heavy atom. The Hall–Kier alpha value is -1.32. The lowest BCUT2D eigenvalue weighted by atomic mass is 9.94. The van der Waals surface area contributed by atoms with E-state index in [0.717, 1.165) is 5.56 Å². The SMILES string of the molecule is CC(CBr)(NC(=O)c1ccc(Cl)cc1)c1ccccc1. The molecular formula is C16H15BrClNO. The van der Waals surface area contributed by atoms with Gasteiger partial charge >= 0.3 is 0 Å². The van der Waals surface area contributed by atoms with Gasteiger partial charge in [0.2, 0.25) is 0 Å². The Balaban J connectivity index is 2.22. The normalized spacial score (nSPS) is 13.6. The molecule has 0 aliphatic heterocycles. The van der Waals surface area contributed by atoms with Gasteiger partial charge in [-0.25, -0.2) is 0 Å². The topological polar surface area (TPSA) is 29.1 Å². The number of halogens is 2. The van der Waals surface area contributed by atoms with E-state index in [9.17, 15) is 4.79 Å². The van der Waals surface area contributed by atoms with Gasteiger partial charge in [-0.15, -0.1) is 0 Å². The quantitative estimate of drug-likeness (QED) is 0.813. The van der Waals surface area contributed by atoms with Crippen molar-refractivity contribution in [1.82, 2.24) is 5.32 Å². The number of benzene rings is 2. The van der Waals surface area contributed by atoms with Crippen LogP contribution in [0.15, 0.2) is 54.6 Å². The Bertz CT molecular complexity index is 585. The Kier molecular flexibility index (Phi) is 4.84. The first-order valence-corrected chi connectivity index (χ1v) is 7.75. The Morgan fingerprint density at radius 2 is 1.75 bits per heavy atom. The highest BCUT2D eigenvalue weighted by Crippen LogP contribution is 2.23. The van der Waals surface area contributed by atoms with Gasteiger partial charge in [-0.2, -0.15) is 0 Å². The zero-order valence-electron chi connectivity index (χ0n) is 11.1. The van der Waals surface area contributed by atoms with E-state index in [1.165, 1.54) is 0 Å². The van der Waals surface area contributed by atoms with E-state index in [2.05, 4.69) is 21.2 Å². The van der Waals surface area contributed by atoms with E-state index >= 15 is 0 Å². The zero-order chi connectivity index (χ0) is 14.6. The highest BCUT2D eigenvalue weighted by atomic mass is 79.9. The summed E-state index contributed by atoms with van der Waals surface area (Å²) in [6.45, 7) is 1.99. The lowest BCUT2D eigenvalue weighted by Crippen LogP contribution is -2.44. The number of amides is 1. The van der Waals surface area contributed by atoms with Gasteiger partial charge in [0.25, 0.3) is 5.91 Å². The second-order valence-corrected chi connectivity index (χ2v) is 5.79. The minimum atomic E-state index is -0.460. The van der Waals surface area contributed by atoms with Crippen molar-refractivity contribution in [3.05, 3.63) is 70.7 Å². The summed E-state index contributed by atoms with van der Waals surface area (Å²) >= 11 is 9.32.